The summed E-state index contributed by atoms with van der Waals surface area (Å²) in [7, 11) is 0. The van der Waals surface area contributed by atoms with Crippen LogP contribution < -0.4 is 9.67 Å². The Morgan fingerprint density at radius 2 is 2.29 bits per heavy atom. The maximum atomic E-state index is 13.2. The van der Waals surface area contributed by atoms with Crippen molar-refractivity contribution < 1.29 is 9.18 Å². The number of hydrogen-bond acceptors (Lipinski definition) is 2. The van der Waals surface area contributed by atoms with Crippen LogP contribution in [0, 0.1) is 0 Å². The molecule has 1 fully saturated rings. The third-order valence-electron chi connectivity index (χ3n) is 3.52. The Labute approximate surface area is 135 Å². The summed E-state index contributed by atoms with van der Waals surface area (Å²) in [5.41, 5.74) is 1.90. The number of likely N-dealkylation sites (tertiary alicyclic amines) is 1. The Morgan fingerprint density at radius 3 is 2.95 bits per heavy atom. The fourth-order valence-electron chi connectivity index (χ4n) is 2.36. The number of halogens is 1. The van der Waals surface area contributed by atoms with Crippen LogP contribution in [0.5, 0.6) is 0 Å². The molecule has 2 heterocycles. The van der Waals surface area contributed by atoms with E-state index in [0.717, 1.165) is 15.6 Å². The van der Waals surface area contributed by atoms with E-state index in [2.05, 4.69) is 17.4 Å². The predicted octanol–water partition coefficient (Wildman–Crippen LogP) is 2.25. The van der Waals surface area contributed by atoms with Crippen LogP contribution in [-0.4, -0.2) is 47.0 Å². The third kappa shape index (κ3) is 3.30. The molecule has 21 heavy (non-hydrogen) atoms. The Morgan fingerprint density at radius 1 is 1.43 bits per heavy atom. The van der Waals surface area contributed by atoms with Gasteiger partial charge in [0.25, 0.3) is 0 Å². The Bertz CT molecular complexity index is 647. The number of carbonyl (C=O) groups excluding carboxylic acids is 1. The van der Waals surface area contributed by atoms with Gasteiger partial charge in [0.2, 0.25) is 0 Å². The van der Waals surface area contributed by atoms with Crippen molar-refractivity contribution in [1.82, 2.24) is 4.90 Å². The quantitative estimate of drug-likeness (QED) is 0.813. The zero-order valence-electron chi connectivity index (χ0n) is 11.4. The minimum atomic E-state index is -0.890. The van der Waals surface area contributed by atoms with Gasteiger partial charge in [0, 0.05) is 0 Å². The number of carbonyl (C=O) groups is 1. The van der Waals surface area contributed by atoms with Crippen molar-refractivity contribution in [3.8, 4) is 10.4 Å². The number of hydrogen-bond donors (Lipinski definition) is 1. The molecule has 6 heteroatoms. The van der Waals surface area contributed by atoms with Crippen LogP contribution in [-0.2, 0) is 0 Å². The molecule has 110 valence electrons. The van der Waals surface area contributed by atoms with Crippen molar-refractivity contribution in [3.05, 3.63) is 35.7 Å². The van der Waals surface area contributed by atoms with E-state index in [0.29, 0.717) is 13.0 Å². The number of benzene rings is 1. The molecular weight excluding hydrogens is 350 g/mol. The van der Waals surface area contributed by atoms with Crippen molar-refractivity contribution in [2.45, 2.75) is 12.6 Å². The third-order valence-corrected chi connectivity index (χ3v) is 5.49. The number of anilines is 1. The first kappa shape index (κ1) is 14.6. The average molecular weight is 366 g/mol. The second kappa shape index (κ2) is 6.20. The second-order valence-electron chi connectivity index (χ2n) is 5.04. The van der Waals surface area contributed by atoms with Crippen LogP contribution in [0.3, 0.4) is 0 Å². The number of nitrogens with zero attached hydrogens (tertiary/aromatic N) is 1. The first-order valence-corrected chi connectivity index (χ1v) is 8.86. The van der Waals surface area contributed by atoms with Crippen molar-refractivity contribution >= 4 is 44.3 Å². The van der Waals surface area contributed by atoms with Gasteiger partial charge in [-0.05, 0) is 0 Å². The maximum absolute atomic E-state index is 13.2. The Kier molecular flexibility index (Phi) is 4.31. The summed E-state index contributed by atoms with van der Waals surface area (Å²) in [5, 5.41) is 4.95. The number of rotatable bonds is 2. The second-order valence-corrected chi connectivity index (χ2v) is 7.29. The molecule has 1 saturated heterocycles. The van der Waals surface area contributed by atoms with Gasteiger partial charge >= 0.3 is 135 Å². The molecule has 0 aliphatic carbocycles. The molecular formula is C15H16AsFN2OS. The van der Waals surface area contributed by atoms with E-state index in [4.69, 9.17) is 0 Å². The molecule has 0 bridgehead atoms. The van der Waals surface area contributed by atoms with Crippen LogP contribution in [0.25, 0.3) is 10.4 Å². The molecule has 3 nitrogen and oxygen atoms in total. The summed E-state index contributed by atoms with van der Waals surface area (Å²) in [5.74, 6) is 0. The van der Waals surface area contributed by atoms with Crippen molar-refractivity contribution in [2.24, 2.45) is 0 Å². The molecule has 0 saturated carbocycles. The summed E-state index contributed by atoms with van der Waals surface area (Å²) >= 11 is 3.13. The summed E-state index contributed by atoms with van der Waals surface area (Å²) in [6.45, 7) is 0.683. The van der Waals surface area contributed by atoms with Crippen LogP contribution in [0.15, 0.2) is 35.7 Å². The summed E-state index contributed by atoms with van der Waals surface area (Å²) in [4.78, 5) is 14.9. The number of amides is 2. The molecule has 2 aromatic rings. The Balaban J connectivity index is 1.78. The average Bonchev–Trinajstić information content (AvgIpc) is 3.12. The zero-order valence-corrected chi connectivity index (χ0v) is 14.6. The van der Waals surface area contributed by atoms with Gasteiger partial charge in [-0.25, -0.2) is 0 Å². The van der Waals surface area contributed by atoms with Gasteiger partial charge in [0.05, 0.1) is 0 Å². The van der Waals surface area contributed by atoms with Crippen molar-refractivity contribution in [1.29, 1.82) is 0 Å². The number of alkyl halides is 1. The van der Waals surface area contributed by atoms with E-state index in [9.17, 15) is 9.18 Å². The van der Waals surface area contributed by atoms with Gasteiger partial charge in [-0.2, -0.15) is 0 Å². The zero-order chi connectivity index (χ0) is 14.8. The van der Waals surface area contributed by atoms with Gasteiger partial charge in [-0.15, -0.1) is 0 Å². The predicted molar refractivity (Wildman–Crippen MR) is 88.0 cm³/mol. The van der Waals surface area contributed by atoms with Gasteiger partial charge < -0.3 is 0 Å². The van der Waals surface area contributed by atoms with Gasteiger partial charge in [0.1, 0.15) is 0 Å². The van der Waals surface area contributed by atoms with Crippen molar-refractivity contribution in [3.63, 3.8) is 0 Å². The first-order valence-electron chi connectivity index (χ1n) is 6.77. The molecule has 0 radical (unpaired) electrons. The minimum absolute atomic E-state index is 0.195. The Hall–Kier alpha value is -1.32. The number of nitrogens with one attached hydrogen (secondary N) is 1. The summed E-state index contributed by atoms with van der Waals surface area (Å²) in [6.07, 6.45) is -0.454. The molecule has 2 atom stereocenters. The molecule has 2 unspecified atom stereocenters. The van der Waals surface area contributed by atoms with Crippen LogP contribution in [0.4, 0.5) is 14.9 Å². The van der Waals surface area contributed by atoms with E-state index in [1.807, 2.05) is 23.6 Å². The number of urea groups is 1. The van der Waals surface area contributed by atoms with Crippen LogP contribution in [0.1, 0.15) is 6.42 Å². The monoisotopic (exact) mass is 366 g/mol. The molecule has 2 amide bonds. The van der Waals surface area contributed by atoms with Gasteiger partial charge in [0.15, 0.2) is 0 Å². The topological polar surface area (TPSA) is 32.3 Å². The summed E-state index contributed by atoms with van der Waals surface area (Å²) < 4.78 is 14.2. The summed E-state index contributed by atoms with van der Waals surface area (Å²) in [6, 6.07) is 9.92. The molecule has 1 aliphatic rings. The van der Waals surface area contributed by atoms with Crippen LogP contribution in [0.2, 0.25) is 0 Å². The fraction of sp³-hybridized carbons (Fsp3) is 0.267. The van der Waals surface area contributed by atoms with Gasteiger partial charge in [-0.3, -0.25) is 0 Å². The molecule has 1 aromatic carbocycles. The van der Waals surface area contributed by atoms with E-state index in [1.54, 1.807) is 11.3 Å². The van der Waals surface area contributed by atoms with E-state index in [-0.39, 0.29) is 12.6 Å². The van der Waals surface area contributed by atoms with Crippen molar-refractivity contribution in [2.75, 3.05) is 18.4 Å². The van der Waals surface area contributed by atoms with Crippen LogP contribution >= 0.6 is 11.3 Å². The molecule has 3 rings (SSSR count). The van der Waals surface area contributed by atoms with E-state index < -0.39 is 6.17 Å². The molecule has 0 spiro atoms. The van der Waals surface area contributed by atoms with E-state index in [1.165, 1.54) is 26.6 Å². The SMILES string of the molecule is O=C(Nc1cc(-c2cccs2)ccc1[AsH2])N1CCC(F)C1. The molecule has 1 N–H and O–H groups in total. The number of thiophene rings is 1. The van der Waals surface area contributed by atoms with Gasteiger partial charge in [-0.1, -0.05) is 0 Å². The standard InChI is InChI=1S/C15H16AsFN2OS/c16-12-4-3-10(14-2-1-7-21-14)8-13(12)18-15(20)19-6-5-11(17)9-19/h1-4,7-8,11H,5-6,9,16H2,(H,18,20). The normalized spacial score (nSPS) is 18.0. The molecule has 1 aromatic heterocycles. The first-order chi connectivity index (χ1) is 10.1. The molecule has 1 aliphatic heterocycles. The van der Waals surface area contributed by atoms with E-state index >= 15 is 0 Å². The fourth-order valence-corrected chi connectivity index (χ4v) is 3.61.